The molecule has 0 aromatic heterocycles. The van der Waals surface area contributed by atoms with Crippen LogP contribution in [0.4, 0.5) is 0 Å². The Hall–Kier alpha value is -1.44. The molecule has 0 saturated carbocycles. The van der Waals surface area contributed by atoms with E-state index in [0.29, 0.717) is 5.56 Å². The molecule has 1 saturated heterocycles. The van der Waals surface area contributed by atoms with Crippen molar-refractivity contribution in [1.82, 2.24) is 15.6 Å². The van der Waals surface area contributed by atoms with Gasteiger partial charge in [0.2, 0.25) is 5.91 Å². The van der Waals surface area contributed by atoms with Gasteiger partial charge >= 0.3 is 0 Å². The van der Waals surface area contributed by atoms with Crippen LogP contribution in [0.2, 0.25) is 0 Å². The Balaban J connectivity index is 1.98. The predicted octanol–water partition coefficient (Wildman–Crippen LogP) is 0.763. The fourth-order valence-corrected chi connectivity index (χ4v) is 3.03. The summed E-state index contributed by atoms with van der Waals surface area (Å²) < 4.78 is 0.881. The summed E-state index contributed by atoms with van der Waals surface area (Å²) in [6.07, 6.45) is 0.963. The van der Waals surface area contributed by atoms with E-state index in [1.54, 1.807) is 19.1 Å². The van der Waals surface area contributed by atoms with E-state index in [1.807, 2.05) is 6.07 Å². The molecule has 21 heavy (non-hydrogen) atoms. The minimum atomic E-state index is -0.311. The largest absolute Gasteiger partial charge is 0.352 e. The van der Waals surface area contributed by atoms with E-state index >= 15 is 0 Å². The summed E-state index contributed by atoms with van der Waals surface area (Å²) in [5, 5.41) is 2.94. The molecule has 2 amide bonds. The monoisotopic (exact) mass is 354 g/mol. The van der Waals surface area contributed by atoms with Crippen LogP contribution < -0.4 is 16.6 Å². The number of amides is 2. The number of likely N-dealkylation sites (tertiary alicyclic amines) is 1. The molecule has 1 aromatic rings. The maximum absolute atomic E-state index is 11.5. The first-order chi connectivity index (χ1) is 9.99. The summed E-state index contributed by atoms with van der Waals surface area (Å²) in [7, 11) is 0. The first-order valence-electron chi connectivity index (χ1n) is 6.78. The van der Waals surface area contributed by atoms with E-state index in [-0.39, 0.29) is 17.9 Å². The van der Waals surface area contributed by atoms with Gasteiger partial charge in [0, 0.05) is 42.6 Å². The van der Waals surface area contributed by atoms with E-state index < -0.39 is 0 Å². The fraction of sp³-hybridized carbons (Fsp3) is 0.429. The molecular formula is C14H19BrN4O2. The van der Waals surface area contributed by atoms with Crippen LogP contribution in [0.5, 0.6) is 0 Å². The van der Waals surface area contributed by atoms with Gasteiger partial charge in [-0.15, -0.1) is 0 Å². The number of hydrogen-bond acceptors (Lipinski definition) is 4. The third-order valence-electron chi connectivity index (χ3n) is 3.52. The molecule has 2 rings (SSSR count). The number of carbonyl (C=O) groups excluding carboxylic acids is 2. The van der Waals surface area contributed by atoms with Crippen molar-refractivity contribution in [1.29, 1.82) is 0 Å². The van der Waals surface area contributed by atoms with Crippen LogP contribution in [-0.4, -0.2) is 35.8 Å². The highest BCUT2D eigenvalue weighted by atomic mass is 79.9. The maximum Gasteiger partial charge on any atom is 0.265 e. The number of rotatable bonds is 4. The van der Waals surface area contributed by atoms with Crippen LogP contribution in [0, 0.1) is 0 Å². The second-order valence-electron chi connectivity index (χ2n) is 5.20. The van der Waals surface area contributed by atoms with Crippen LogP contribution in [0.15, 0.2) is 22.7 Å². The summed E-state index contributed by atoms with van der Waals surface area (Å²) in [6, 6.07) is 5.66. The molecule has 0 bridgehead atoms. The lowest BCUT2D eigenvalue weighted by Gasteiger charge is -2.17. The number of benzene rings is 1. The van der Waals surface area contributed by atoms with Crippen molar-refractivity contribution >= 4 is 27.7 Å². The second-order valence-corrected chi connectivity index (χ2v) is 6.06. The third kappa shape index (κ3) is 4.26. The van der Waals surface area contributed by atoms with E-state index in [1.165, 1.54) is 0 Å². The zero-order valence-corrected chi connectivity index (χ0v) is 13.4. The normalized spacial score (nSPS) is 18.5. The molecule has 4 N–H and O–H groups in total. The first-order valence-corrected chi connectivity index (χ1v) is 7.57. The van der Waals surface area contributed by atoms with Crippen molar-refractivity contribution in [3.63, 3.8) is 0 Å². The molecule has 1 fully saturated rings. The number of nitrogen functional groups attached to an aromatic ring is 1. The Morgan fingerprint density at radius 1 is 1.48 bits per heavy atom. The number of carbonyl (C=O) groups is 2. The number of halogens is 1. The first kappa shape index (κ1) is 15.9. The number of hydrogen-bond donors (Lipinski definition) is 3. The molecule has 7 heteroatoms. The minimum absolute atomic E-state index is 0.0141. The highest BCUT2D eigenvalue weighted by Crippen LogP contribution is 2.22. The lowest BCUT2D eigenvalue weighted by molar-refractivity contribution is -0.119. The van der Waals surface area contributed by atoms with Crippen LogP contribution in [-0.2, 0) is 11.3 Å². The van der Waals surface area contributed by atoms with E-state index in [9.17, 15) is 9.59 Å². The van der Waals surface area contributed by atoms with Crippen molar-refractivity contribution in [3.8, 4) is 0 Å². The lowest BCUT2D eigenvalue weighted by Crippen LogP contribution is -2.35. The molecule has 6 nitrogen and oxygen atoms in total. The Labute approximate surface area is 132 Å². The van der Waals surface area contributed by atoms with Crippen molar-refractivity contribution in [2.45, 2.75) is 25.9 Å². The molecule has 114 valence electrons. The number of hydrazine groups is 1. The molecule has 1 aliphatic heterocycles. The van der Waals surface area contributed by atoms with E-state index in [4.69, 9.17) is 5.84 Å². The summed E-state index contributed by atoms with van der Waals surface area (Å²) in [5.74, 6) is 4.82. The van der Waals surface area contributed by atoms with Gasteiger partial charge < -0.3 is 5.32 Å². The molecule has 0 aliphatic carbocycles. The van der Waals surface area contributed by atoms with E-state index in [2.05, 4.69) is 31.6 Å². The molecule has 0 spiro atoms. The zero-order valence-electron chi connectivity index (χ0n) is 11.9. The average molecular weight is 355 g/mol. The molecule has 1 heterocycles. The molecule has 0 radical (unpaired) electrons. The SMILES string of the molecule is CC(=O)NC1CCN(Cc2ccc(C(=O)NN)cc2Br)C1. The Morgan fingerprint density at radius 2 is 2.24 bits per heavy atom. The lowest BCUT2D eigenvalue weighted by atomic mass is 10.1. The summed E-state index contributed by atoms with van der Waals surface area (Å²) in [4.78, 5) is 24.8. The summed E-state index contributed by atoms with van der Waals surface area (Å²) in [6.45, 7) is 4.11. The topological polar surface area (TPSA) is 87.5 Å². The highest BCUT2D eigenvalue weighted by molar-refractivity contribution is 9.10. The van der Waals surface area contributed by atoms with Crippen LogP contribution in [0.3, 0.4) is 0 Å². The summed E-state index contributed by atoms with van der Waals surface area (Å²) >= 11 is 3.49. The van der Waals surface area contributed by atoms with Gasteiger partial charge in [-0.2, -0.15) is 0 Å². The van der Waals surface area contributed by atoms with Crippen molar-refractivity contribution in [3.05, 3.63) is 33.8 Å². The second kappa shape index (κ2) is 7.02. The van der Waals surface area contributed by atoms with Gasteiger partial charge in [-0.1, -0.05) is 22.0 Å². The fourth-order valence-electron chi connectivity index (χ4n) is 2.52. The molecule has 1 unspecified atom stereocenters. The van der Waals surface area contributed by atoms with Crippen molar-refractivity contribution in [2.24, 2.45) is 5.84 Å². The Morgan fingerprint density at radius 3 is 2.86 bits per heavy atom. The molecule has 1 aromatic carbocycles. The quantitative estimate of drug-likeness (QED) is 0.423. The van der Waals surface area contributed by atoms with Gasteiger partial charge in [-0.05, 0) is 24.1 Å². The third-order valence-corrected chi connectivity index (χ3v) is 4.26. The van der Waals surface area contributed by atoms with Gasteiger partial charge in [-0.3, -0.25) is 19.9 Å². The van der Waals surface area contributed by atoms with Crippen molar-refractivity contribution < 1.29 is 9.59 Å². The Bertz CT molecular complexity index is 550. The number of nitrogens with one attached hydrogen (secondary N) is 2. The van der Waals surface area contributed by atoms with Crippen LogP contribution >= 0.6 is 15.9 Å². The molecule has 1 aliphatic rings. The minimum Gasteiger partial charge on any atom is -0.352 e. The average Bonchev–Trinajstić information content (AvgIpc) is 2.86. The smallest absolute Gasteiger partial charge is 0.265 e. The van der Waals surface area contributed by atoms with E-state index in [0.717, 1.165) is 36.1 Å². The molecular weight excluding hydrogens is 336 g/mol. The molecule has 1 atom stereocenters. The Kier molecular flexibility index (Phi) is 5.33. The van der Waals surface area contributed by atoms with Gasteiger partial charge in [0.1, 0.15) is 0 Å². The van der Waals surface area contributed by atoms with Gasteiger partial charge in [0.05, 0.1) is 0 Å². The maximum atomic E-state index is 11.5. The summed E-state index contributed by atoms with van der Waals surface area (Å²) in [5.41, 5.74) is 3.74. The van der Waals surface area contributed by atoms with Gasteiger partial charge in [0.25, 0.3) is 5.91 Å². The van der Waals surface area contributed by atoms with Crippen LogP contribution in [0.25, 0.3) is 0 Å². The van der Waals surface area contributed by atoms with Gasteiger partial charge in [0.15, 0.2) is 0 Å². The number of nitrogens with zero attached hydrogens (tertiary/aromatic N) is 1. The predicted molar refractivity (Wildman–Crippen MR) is 83.3 cm³/mol. The van der Waals surface area contributed by atoms with Crippen LogP contribution in [0.1, 0.15) is 29.3 Å². The zero-order chi connectivity index (χ0) is 15.4. The standard InChI is InChI=1S/C14H19BrN4O2/c1-9(20)17-12-4-5-19(8-12)7-11-3-2-10(6-13(11)15)14(21)18-16/h2-3,6,12H,4-5,7-8,16H2,1H3,(H,17,20)(H,18,21). The van der Waals surface area contributed by atoms with Gasteiger partial charge in [-0.25, -0.2) is 5.84 Å². The van der Waals surface area contributed by atoms with Crippen molar-refractivity contribution in [2.75, 3.05) is 13.1 Å². The highest BCUT2D eigenvalue weighted by Gasteiger charge is 2.23. The number of nitrogens with two attached hydrogens (primary N) is 1.